The lowest BCUT2D eigenvalue weighted by atomic mass is 9.85. The molecule has 0 saturated heterocycles. The Labute approximate surface area is 279 Å². The summed E-state index contributed by atoms with van der Waals surface area (Å²) in [6.45, 7) is 4.47. The molecule has 0 aliphatic rings. The normalized spacial score (nSPS) is 11.6. The summed E-state index contributed by atoms with van der Waals surface area (Å²) < 4.78 is 2.78. The SMILES string of the molecule is Cc1cccc2c1sc1c(C)cc(-c3cccc(-c4ccc5c(-c6ccccc6)c6ccccc6c(-c6ccccc6)c5c4)c3)cc12. The van der Waals surface area contributed by atoms with Crippen LogP contribution in [0.5, 0.6) is 0 Å². The summed E-state index contributed by atoms with van der Waals surface area (Å²) in [5.41, 5.74) is 12.7. The number of thiophene rings is 1. The maximum atomic E-state index is 2.42. The Bertz CT molecular complexity index is 2620. The third-order valence-corrected chi connectivity index (χ3v) is 11.2. The highest BCUT2D eigenvalue weighted by molar-refractivity contribution is 7.26. The Kier molecular flexibility index (Phi) is 6.55. The summed E-state index contributed by atoms with van der Waals surface area (Å²) in [5.74, 6) is 0. The minimum atomic E-state index is 1.22. The second-order valence-corrected chi connectivity index (χ2v) is 13.6. The van der Waals surface area contributed by atoms with Gasteiger partial charge in [-0.1, -0.05) is 133 Å². The third kappa shape index (κ3) is 4.58. The standard InChI is InChI=1S/C46H32S/c1-29-13-11-22-40-42-28-36(25-30(2)46(42)47-45(29)40)34-19-12-18-33(26-34)35-23-24-39-41(27-35)44(32-16-7-4-8-17-32)38-21-10-9-20-37(38)43(39)31-14-5-3-6-15-31/h3-28H,1-2H3. The van der Waals surface area contributed by atoms with Crippen LogP contribution in [0.3, 0.4) is 0 Å². The summed E-state index contributed by atoms with van der Waals surface area (Å²) in [6, 6.07) is 58.2. The van der Waals surface area contributed by atoms with E-state index in [1.807, 2.05) is 11.3 Å². The second kappa shape index (κ2) is 11.1. The Morgan fingerprint density at radius 3 is 1.49 bits per heavy atom. The van der Waals surface area contributed by atoms with Crippen LogP contribution in [0.4, 0.5) is 0 Å². The smallest absolute Gasteiger partial charge is 0.0385 e. The van der Waals surface area contributed by atoms with Crippen molar-refractivity contribution in [3.8, 4) is 44.5 Å². The van der Waals surface area contributed by atoms with E-state index >= 15 is 0 Å². The first kappa shape index (κ1) is 27.8. The molecule has 1 heterocycles. The van der Waals surface area contributed by atoms with Gasteiger partial charge in [0.1, 0.15) is 0 Å². The minimum absolute atomic E-state index is 1.22. The molecule has 0 amide bonds. The molecular weight excluding hydrogens is 585 g/mol. The molecule has 9 aromatic rings. The number of fused-ring (bicyclic) bond motifs is 5. The Balaban J connectivity index is 1.27. The molecule has 0 fully saturated rings. The van der Waals surface area contributed by atoms with Crippen LogP contribution in [0.15, 0.2) is 158 Å². The Hall–Kier alpha value is -5.50. The van der Waals surface area contributed by atoms with Crippen LogP contribution in [0.25, 0.3) is 86.2 Å². The Morgan fingerprint density at radius 2 is 0.787 bits per heavy atom. The van der Waals surface area contributed by atoms with Crippen molar-refractivity contribution in [2.45, 2.75) is 13.8 Å². The van der Waals surface area contributed by atoms with Crippen molar-refractivity contribution in [1.29, 1.82) is 0 Å². The van der Waals surface area contributed by atoms with Crippen LogP contribution in [-0.4, -0.2) is 0 Å². The fourth-order valence-corrected chi connectivity index (χ4v) is 8.67. The second-order valence-electron chi connectivity index (χ2n) is 12.6. The lowest BCUT2D eigenvalue weighted by Gasteiger charge is -2.19. The molecule has 1 aromatic heterocycles. The number of aryl methyl sites for hydroxylation is 2. The number of hydrogen-bond donors (Lipinski definition) is 0. The van der Waals surface area contributed by atoms with Crippen molar-refractivity contribution in [3.63, 3.8) is 0 Å². The largest absolute Gasteiger partial charge is 0.135 e. The number of hydrogen-bond acceptors (Lipinski definition) is 1. The van der Waals surface area contributed by atoms with E-state index in [4.69, 9.17) is 0 Å². The van der Waals surface area contributed by atoms with Gasteiger partial charge in [0.15, 0.2) is 0 Å². The molecule has 0 unspecified atom stereocenters. The van der Waals surface area contributed by atoms with Crippen LogP contribution in [0.1, 0.15) is 11.1 Å². The highest BCUT2D eigenvalue weighted by Crippen LogP contribution is 2.45. The molecule has 1 heteroatoms. The zero-order valence-corrected chi connectivity index (χ0v) is 27.2. The third-order valence-electron chi connectivity index (χ3n) is 9.66. The van der Waals surface area contributed by atoms with Crippen molar-refractivity contribution in [3.05, 3.63) is 169 Å². The van der Waals surface area contributed by atoms with Crippen molar-refractivity contribution < 1.29 is 0 Å². The quantitative estimate of drug-likeness (QED) is 0.173. The van der Waals surface area contributed by atoms with Gasteiger partial charge in [-0.2, -0.15) is 0 Å². The minimum Gasteiger partial charge on any atom is -0.135 e. The molecule has 0 spiro atoms. The van der Waals surface area contributed by atoms with Gasteiger partial charge in [-0.15, -0.1) is 11.3 Å². The fourth-order valence-electron chi connectivity index (χ4n) is 7.45. The van der Waals surface area contributed by atoms with Crippen LogP contribution in [-0.2, 0) is 0 Å². The summed E-state index contributed by atoms with van der Waals surface area (Å²) >= 11 is 1.92. The van der Waals surface area contributed by atoms with E-state index in [-0.39, 0.29) is 0 Å². The molecule has 47 heavy (non-hydrogen) atoms. The molecule has 222 valence electrons. The van der Waals surface area contributed by atoms with Crippen molar-refractivity contribution in [1.82, 2.24) is 0 Å². The van der Waals surface area contributed by atoms with Crippen molar-refractivity contribution in [2.75, 3.05) is 0 Å². The van der Waals surface area contributed by atoms with E-state index in [1.54, 1.807) is 0 Å². The van der Waals surface area contributed by atoms with E-state index < -0.39 is 0 Å². The van der Waals surface area contributed by atoms with Gasteiger partial charge in [-0.05, 0) is 115 Å². The molecule has 0 N–H and O–H groups in total. The van der Waals surface area contributed by atoms with Gasteiger partial charge in [0.2, 0.25) is 0 Å². The molecule has 0 nitrogen and oxygen atoms in total. The predicted molar refractivity (Wildman–Crippen MR) is 206 cm³/mol. The van der Waals surface area contributed by atoms with Crippen LogP contribution < -0.4 is 0 Å². The summed E-state index contributed by atoms with van der Waals surface area (Å²) in [5, 5.41) is 7.81. The molecule has 0 bridgehead atoms. The number of rotatable bonds is 4. The first-order chi connectivity index (χ1) is 23.1. The van der Waals surface area contributed by atoms with Gasteiger partial charge in [0.05, 0.1) is 0 Å². The zero-order valence-electron chi connectivity index (χ0n) is 26.4. The summed E-state index contributed by atoms with van der Waals surface area (Å²) in [4.78, 5) is 0. The monoisotopic (exact) mass is 616 g/mol. The first-order valence-corrected chi connectivity index (χ1v) is 17.1. The van der Waals surface area contributed by atoms with Crippen LogP contribution in [0, 0.1) is 13.8 Å². The van der Waals surface area contributed by atoms with Gasteiger partial charge in [0, 0.05) is 20.2 Å². The van der Waals surface area contributed by atoms with Crippen molar-refractivity contribution >= 4 is 53.1 Å². The highest BCUT2D eigenvalue weighted by atomic mass is 32.1. The van der Waals surface area contributed by atoms with E-state index in [2.05, 4.69) is 172 Å². The fraction of sp³-hybridized carbons (Fsp3) is 0.0435. The van der Waals surface area contributed by atoms with Crippen LogP contribution >= 0.6 is 11.3 Å². The molecule has 8 aromatic carbocycles. The van der Waals surface area contributed by atoms with Crippen molar-refractivity contribution in [2.24, 2.45) is 0 Å². The van der Waals surface area contributed by atoms with Crippen LogP contribution in [0.2, 0.25) is 0 Å². The first-order valence-electron chi connectivity index (χ1n) is 16.3. The summed E-state index contributed by atoms with van der Waals surface area (Å²) in [7, 11) is 0. The molecular formula is C46H32S. The number of benzene rings is 8. The average Bonchev–Trinajstić information content (AvgIpc) is 3.52. The van der Waals surface area contributed by atoms with Gasteiger partial charge in [0.25, 0.3) is 0 Å². The zero-order chi connectivity index (χ0) is 31.5. The van der Waals surface area contributed by atoms with Gasteiger partial charge in [-0.3, -0.25) is 0 Å². The molecule has 0 radical (unpaired) electrons. The highest BCUT2D eigenvalue weighted by Gasteiger charge is 2.18. The van der Waals surface area contributed by atoms with Gasteiger partial charge in [-0.25, -0.2) is 0 Å². The van der Waals surface area contributed by atoms with E-state index in [0.717, 1.165) is 0 Å². The molecule has 0 aliphatic heterocycles. The molecule has 9 rings (SSSR count). The summed E-state index contributed by atoms with van der Waals surface area (Å²) in [6.07, 6.45) is 0. The van der Waals surface area contributed by atoms with E-state index in [1.165, 1.54) is 97.4 Å². The maximum Gasteiger partial charge on any atom is 0.0385 e. The lowest BCUT2D eigenvalue weighted by molar-refractivity contribution is 1.54. The van der Waals surface area contributed by atoms with E-state index in [9.17, 15) is 0 Å². The lowest BCUT2D eigenvalue weighted by Crippen LogP contribution is -1.91. The van der Waals surface area contributed by atoms with Gasteiger partial charge >= 0.3 is 0 Å². The molecule has 0 atom stereocenters. The average molecular weight is 617 g/mol. The van der Waals surface area contributed by atoms with Gasteiger partial charge < -0.3 is 0 Å². The predicted octanol–water partition coefficient (Wildman–Crippen LogP) is 13.6. The molecule has 0 saturated carbocycles. The molecule has 0 aliphatic carbocycles. The topological polar surface area (TPSA) is 0 Å². The maximum absolute atomic E-state index is 2.42. The van der Waals surface area contributed by atoms with E-state index in [0.29, 0.717) is 0 Å². The Morgan fingerprint density at radius 1 is 0.298 bits per heavy atom.